The van der Waals surface area contributed by atoms with Crippen molar-refractivity contribution < 1.29 is 57.6 Å². The van der Waals surface area contributed by atoms with Gasteiger partial charge in [-0.25, -0.2) is 19.2 Å². The first-order chi connectivity index (χ1) is 23.7. The van der Waals surface area contributed by atoms with E-state index in [0.29, 0.717) is 12.1 Å². The van der Waals surface area contributed by atoms with E-state index >= 15 is 0 Å². The Morgan fingerprint density at radius 3 is 2.44 bits per heavy atom. The van der Waals surface area contributed by atoms with E-state index in [-0.39, 0.29) is 30.4 Å². The quantitative estimate of drug-likeness (QED) is 0.136. The maximum absolute atomic E-state index is 13.6. The second-order valence-electron chi connectivity index (χ2n) is 13.7. The minimum atomic E-state index is -1.08. The average molecular weight is 696 g/mol. The molecule has 1 saturated heterocycles. The van der Waals surface area contributed by atoms with Crippen molar-refractivity contribution in [1.29, 1.82) is 0 Å². The number of nitrogens with zero attached hydrogens (tertiary/aromatic N) is 1. The molecule has 0 aromatic carbocycles. The number of methoxy groups -OCH3 is 1. The third kappa shape index (κ3) is 7.69. The molecule has 1 fully saturated rings. The third-order valence-electron chi connectivity index (χ3n) is 10.4. The standard InChI is InChI=1S/C37H46N2O11/c1-20-16-21(2)37-18-26(33(50-37)32(22(3)23(4)40)49-35(44)28-8-7-13-38-28)9-10-27(37)17-29(46-6)36(45)48-31(20)24(5)47-30(41)19-39-14-11-25(12-15-39)34(42)43/h7-16,20,22-24,26-27,29,31-33,40H,17-19H2,1-6H3,(H-,38,42,43,44)/p+1/b21-16+/t20-,22-,23+,24-,26-,27-,29+,31+,32-,33-,37+/m1/s1. The zero-order valence-electron chi connectivity index (χ0n) is 29.2. The molecule has 5 rings (SSSR count). The molecule has 13 nitrogen and oxygen atoms in total. The molecule has 3 aliphatic rings. The van der Waals surface area contributed by atoms with Crippen molar-refractivity contribution in [3.63, 3.8) is 0 Å². The number of hydrogen-bond donors (Lipinski definition) is 3. The molecular formula is C37H47N2O11+. The van der Waals surface area contributed by atoms with E-state index in [0.717, 1.165) is 5.57 Å². The van der Waals surface area contributed by atoms with Gasteiger partial charge in [0, 0.05) is 49.1 Å². The highest BCUT2D eigenvalue weighted by Crippen LogP contribution is 2.53. The first-order valence-corrected chi connectivity index (χ1v) is 17.0. The van der Waals surface area contributed by atoms with Crippen LogP contribution in [0.1, 0.15) is 68.3 Å². The summed E-state index contributed by atoms with van der Waals surface area (Å²) in [6.07, 6.45) is 6.60. The topological polar surface area (TPSA) is 175 Å². The molecule has 0 amide bonds. The number of fused-ring (bicyclic) bond motifs is 1. The van der Waals surface area contributed by atoms with Crippen LogP contribution in [0.2, 0.25) is 0 Å². The first-order valence-electron chi connectivity index (χ1n) is 17.0. The monoisotopic (exact) mass is 695 g/mol. The van der Waals surface area contributed by atoms with Crippen molar-refractivity contribution in [3.8, 4) is 0 Å². The molecule has 0 radical (unpaired) electrons. The van der Waals surface area contributed by atoms with Gasteiger partial charge < -0.3 is 38.9 Å². The molecule has 2 aromatic rings. The van der Waals surface area contributed by atoms with E-state index in [1.165, 1.54) is 36.2 Å². The van der Waals surface area contributed by atoms with Crippen molar-refractivity contribution in [2.75, 3.05) is 7.11 Å². The number of carboxylic acids is 1. The van der Waals surface area contributed by atoms with Crippen molar-refractivity contribution in [3.05, 3.63) is 77.9 Å². The fourth-order valence-electron chi connectivity index (χ4n) is 7.37. The number of aromatic amines is 1. The highest BCUT2D eigenvalue weighted by Gasteiger charge is 2.57. The number of carbonyl (C=O) groups excluding carboxylic acids is 3. The first kappa shape index (κ1) is 36.9. The number of rotatable bonds is 11. The molecule has 2 aliphatic heterocycles. The van der Waals surface area contributed by atoms with Crippen LogP contribution in [-0.4, -0.2) is 88.4 Å². The number of aliphatic hydroxyl groups excluding tert-OH is 1. The van der Waals surface area contributed by atoms with E-state index in [9.17, 15) is 24.3 Å². The number of carboxylic acid groups (broad SMARTS) is 1. The van der Waals surface area contributed by atoms with E-state index in [2.05, 4.69) is 4.98 Å². The van der Waals surface area contributed by atoms with Gasteiger partial charge in [0.15, 0.2) is 18.5 Å². The molecule has 1 spiro atoms. The molecule has 1 aliphatic carbocycles. The number of aliphatic hydroxyl groups is 1. The fourth-order valence-corrected chi connectivity index (χ4v) is 7.37. The summed E-state index contributed by atoms with van der Waals surface area (Å²) in [6, 6.07) is 6.10. The van der Waals surface area contributed by atoms with Gasteiger partial charge in [-0.05, 0) is 51.3 Å². The zero-order valence-corrected chi connectivity index (χ0v) is 29.2. The van der Waals surface area contributed by atoms with Gasteiger partial charge in [0.2, 0.25) is 6.54 Å². The van der Waals surface area contributed by atoms with Crippen LogP contribution in [0.25, 0.3) is 0 Å². The van der Waals surface area contributed by atoms with Crippen molar-refractivity contribution >= 4 is 23.9 Å². The summed E-state index contributed by atoms with van der Waals surface area (Å²) in [5.41, 5.74) is 0.382. The van der Waals surface area contributed by atoms with Crippen LogP contribution < -0.4 is 4.57 Å². The largest absolute Gasteiger partial charge is 0.478 e. The Hall–Kier alpha value is -4.33. The Morgan fingerprint density at radius 1 is 1.10 bits per heavy atom. The van der Waals surface area contributed by atoms with Crippen LogP contribution in [-0.2, 0) is 39.8 Å². The predicted molar refractivity (Wildman–Crippen MR) is 177 cm³/mol. The number of aromatic nitrogens is 2. The minimum Gasteiger partial charge on any atom is -0.478 e. The van der Waals surface area contributed by atoms with Crippen molar-refractivity contribution in [2.45, 2.75) is 96.2 Å². The number of hydrogen-bond acceptors (Lipinski definition) is 10. The van der Waals surface area contributed by atoms with Gasteiger partial charge in [0.25, 0.3) is 0 Å². The summed E-state index contributed by atoms with van der Waals surface area (Å²) in [7, 11) is 1.44. The van der Waals surface area contributed by atoms with Crippen LogP contribution in [0, 0.1) is 23.7 Å². The summed E-state index contributed by atoms with van der Waals surface area (Å²) in [5.74, 6) is -4.15. The maximum Gasteiger partial charge on any atom is 0.373 e. The molecule has 13 heteroatoms. The second-order valence-corrected chi connectivity index (χ2v) is 13.7. The van der Waals surface area contributed by atoms with Gasteiger partial charge in [0.1, 0.15) is 30.1 Å². The van der Waals surface area contributed by atoms with Crippen LogP contribution in [0.15, 0.2) is 66.7 Å². The molecule has 0 unspecified atom stereocenters. The Bertz CT molecular complexity index is 1600. The second kappa shape index (κ2) is 15.3. The zero-order chi connectivity index (χ0) is 36.3. The summed E-state index contributed by atoms with van der Waals surface area (Å²) < 4.78 is 32.0. The van der Waals surface area contributed by atoms with E-state index in [1.807, 2.05) is 39.0 Å². The number of esters is 3. The Kier molecular flexibility index (Phi) is 11.3. The SMILES string of the molecule is CO[C@H]1C[C@H]2C=C[C@@H]3C[C@]2(O[C@H]3[C@H](OC(=O)c2ccc[nH]2)[C@H](C)[C@H](C)O)/C(C)=C/[C@@H](C)[C@@H]([C@@H](C)OC(=O)C[n+]2ccc(C(=O)O)cc2)OC1=O. The molecular weight excluding hydrogens is 648 g/mol. The lowest BCUT2D eigenvalue weighted by atomic mass is 9.69. The number of ether oxygens (including phenoxy) is 5. The molecule has 270 valence electrons. The van der Waals surface area contributed by atoms with Gasteiger partial charge in [-0.15, -0.1) is 0 Å². The molecule has 2 aromatic heterocycles. The summed E-state index contributed by atoms with van der Waals surface area (Å²) >= 11 is 0. The number of nitrogens with one attached hydrogen (secondary N) is 1. The molecule has 3 N–H and O–H groups in total. The summed E-state index contributed by atoms with van der Waals surface area (Å²) in [5, 5.41) is 19.8. The lowest BCUT2D eigenvalue weighted by Crippen LogP contribution is -2.48. The lowest BCUT2D eigenvalue weighted by molar-refractivity contribution is -0.686. The normalized spacial score (nSPS) is 31.2. The van der Waals surface area contributed by atoms with Crippen LogP contribution >= 0.6 is 0 Å². The Balaban J connectivity index is 1.41. The summed E-state index contributed by atoms with van der Waals surface area (Å²) in [6.45, 7) is 8.81. The van der Waals surface area contributed by atoms with Gasteiger partial charge in [0.05, 0.1) is 17.3 Å². The van der Waals surface area contributed by atoms with E-state index in [1.54, 1.807) is 32.2 Å². The van der Waals surface area contributed by atoms with Crippen LogP contribution in [0.3, 0.4) is 0 Å². The smallest absolute Gasteiger partial charge is 0.373 e. The highest BCUT2D eigenvalue weighted by molar-refractivity contribution is 5.87. The average Bonchev–Trinajstić information content (AvgIpc) is 3.72. The van der Waals surface area contributed by atoms with Gasteiger partial charge in [-0.3, -0.25) is 0 Å². The molecule has 2 bridgehead atoms. The molecule has 11 atom stereocenters. The van der Waals surface area contributed by atoms with Crippen LogP contribution in [0.4, 0.5) is 0 Å². The number of pyridine rings is 1. The summed E-state index contributed by atoms with van der Waals surface area (Å²) in [4.78, 5) is 53.8. The molecule has 0 saturated carbocycles. The van der Waals surface area contributed by atoms with Gasteiger partial charge in [-0.2, -0.15) is 4.57 Å². The number of cyclic esters (lactones) is 1. The predicted octanol–water partition coefficient (Wildman–Crippen LogP) is 3.42. The van der Waals surface area contributed by atoms with Crippen molar-refractivity contribution in [2.24, 2.45) is 23.7 Å². The number of aromatic carboxylic acids is 1. The highest BCUT2D eigenvalue weighted by atomic mass is 16.6. The van der Waals surface area contributed by atoms with E-state index < -0.39 is 77.9 Å². The minimum absolute atomic E-state index is 0.0877. The number of H-pyrrole nitrogens is 1. The Morgan fingerprint density at radius 2 is 1.82 bits per heavy atom. The van der Waals surface area contributed by atoms with E-state index in [4.69, 9.17) is 28.8 Å². The van der Waals surface area contributed by atoms with Gasteiger partial charge >= 0.3 is 23.9 Å². The Labute approximate surface area is 291 Å². The fraction of sp³-hybridized carbons (Fsp3) is 0.541. The van der Waals surface area contributed by atoms with Crippen molar-refractivity contribution in [1.82, 2.24) is 4.98 Å². The maximum atomic E-state index is 13.6. The number of carbonyl (C=O) groups is 4. The lowest BCUT2D eigenvalue weighted by Gasteiger charge is -2.41. The van der Waals surface area contributed by atoms with Gasteiger partial charge in [-0.1, -0.05) is 32.1 Å². The molecule has 4 heterocycles. The third-order valence-corrected chi connectivity index (χ3v) is 10.4. The van der Waals surface area contributed by atoms with Crippen LogP contribution in [0.5, 0.6) is 0 Å². The molecule has 50 heavy (non-hydrogen) atoms.